The average molecular weight is 338 g/mol. The Balaban J connectivity index is 2.02. The molecule has 2 aromatic rings. The van der Waals surface area contributed by atoms with Crippen LogP contribution in [0.25, 0.3) is 0 Å². The number of anilines is 1. The van der Waals surface area contributed by atoms with Gasteiger partial charge in [-0.05, 0) is 35.9 Å². The summed E-state index contributed by atoms with van der Waals surface area (Å²) >= 11 is 0. The number of benzene rings is 2. The molecule has 0 aliphatic rings. The molecule has 0 aliphatic carbocycles. The van der Waals surface area contributed by atoms with Crippen LogP contribution in [-0.2, 0) is 17.4 Å². The van der Waals surface area contributed by atoms with Gasteiger partial charge in [0.05, 0.1) is 12.0 Å². The Bertz CT molecular complexity index is 743. The maximum atomic E-state index is 12.6. The molecule has 0 fully saturated rings. The molecule has 0 heterocycles. The summed E-state index contributed by atoms with van der Waals surface area (Å²) in [6, 6.07) is 10.2. The smallest absolute Gasteiger partial charge is 0.326 e. The van der Waals surface area contributed by atoms with Gasteiger partial charge in [0, 0.05) is 11.3 Å². The Labute approximate surface area is 135 Å². The molecule has 8 heteroatoms. The molecule has 2 aromatic carbocycles. The zero-order valence-electron chi connectivity index (χ0n) is 12.2. The van der Waals surface area contributed by atoms with Crippen molar-refractivity contribution < 1.29 is 28.0 Å². The van der Waals surface area contributed by atoms with Gasteiger partial charge >= 0.3 is 6.18 Å². The summed E-state index contributed by atoms with van der Waals surface area (Å²) in [6.45, 7) is 0. The zero-order valence-corrected chi connectivity index (χ0v) is 12.2. The summed E-state index contributed by atoms with van der Waals surface area (Å²) in [6.07, 6.45) is -4.68. The maximum Gasteiger partial charge on any atom is 0.416 e. The van der Waals surface area contributed by atoms with Crippen molar-refractivity contribution in [2.75, 3.05) is 5.32 Å². The van der Waals surface area contributed by atoms with Gasteiger partial charge in [-0.3, -0.25) is 14.8 Å². The highest BCUT2D eigenvalue weighted by Gasteiger charge is 2.30. The van der Waals surface area contributed by atoms with Crippen molar-refractivity contribution in [2.24, 2.45) is 0 Å². The van der Waals surface area contributed by atoms with Crippen molar-refractivity contribution in [2.45, 2.75) is 12.6 Å². The number of hydroxylamine groups is 1. The second-order valence-electron chi connectivity index (χ2n) is 4.94. The summed E-state index contributed by atoms with van der Waals surface area (Å²) in [5.74, 6) is -1.19. The standard InChI is InChI=1S/C16H13F3N2O3/c17-16(18,19)12-3-1-2-10(8-12)9-14(22)20-13-6-4-11(5-7-13)15(23)21-24/h1-8,24H,9H2,(H,20,22)(H,21,23). The van der Waals surface area contributed by atoms with Crippen molar-refractivity contribution in [3.8, 4) is 0 Å². The van der Waals surface area contributed by atoms with E-state index in [4.69, 9.17) is 5.21 Å². The number of alkyl halides is 3. The third-order valence-electron chi connectivity index (χ3n) is 3.15. The minimum absolute atomic E-state index is 0.188. The lowest BCUT2D eigenvalue weighted by molar-refractivity contribution is -0.137. The van der Waals surface area contributed by atoms with Gasteiger partial charge in [0.25, 0.3) is 5.91 Å². The first-order valence-corrected chi connectivity index (χ1v) is 6.80. The van der Waals surface area contributed by atoms with Gasteiger partial charge in [0.1, 0.15) is 0 Å². The number of carbonyl (C=O) groups is 2. The molecular formula is C16H13F3N2O3. The quantitative estimate of drug-likeness (QED) is 0.592. The molecule has 2 amide bonds. The van der Waals surface area contributed by atoms with Gasteiger partial charge in [-0.25, -0.2) is 5.48 Å². The molecular weight excluding hydrogens is 325 g/mol. The number of rotatable bonds is 4. The van der Waals surface area contributed by atoms with E-state index in [1.54, 1.807) is 0 Å². The molecule has 0 saturated carbocycles. The molecule has 0 radical (unpaired) electrons. The van der Waals surface area contributed by atoms with Gasteiger partial charge in [0.15, 0.2) is 0 Å². The van der Waals surface area contributed by atoms with E-state index in [9.17, 15) is 22.8 Å². The molecule has 0 bridgehead atoms. The van der Waals surface area contributed by atoms with Crippen molar-refractivity contribution in [1.29, 1.82) is 0 Å². The van der Waals surface area contributed by atoms with Crippen LogP contribution in [0.3, 0.4) is 0 Å². The van der Waals surface area contributed by atoms with E-state index in [0.29, 0.717) is 5.69 Å². The molecule has 0 saturated heterocycles. The Morgan fingerprint density at radius 3 is 2.29 bits per heavy atom. The largest absolute Gasteiger partial charge is 0.416 e. The lowest BCUT2D eigenvalue weighted by atomic mass is 10.1. The minimum Gasteiger partial charge on any atom is -0.326 e. The van der Waals surface area contributed by atoms with Crippen LogP contribution in [0.2, 0.25) is 0 Å². The second kappa shape index (κ2) is 7.14. The monoisotopic (exact) mass is 338 g/mol. The van der Waals surface area contributed by atoms with Gasteiger partial charge < -0.3 is 5.32 Å². The third kappa shape index (κ3) is 4.56. The predicted octanol–water partition coefficient (Wildman–Crippen LogP) is 3.01. The van der Waals surface area contributed by atoms with E-state index < -0.39 is 23.6 Å². The third-order valence-corrected chi connectivity index (χ3v) is 3.15. The molecule has 3 N–H and O–H groups in total. The summed E-state index contributed by atoms with van der Waals surface area (Å²) < 4.78 is 37.9. The first kappa shape index (κ1) is 17.5. The van der Waals surface area contributed by atoms with E-state index >= 15 is 0 Å². The second-order valence-corrected chi connectivity index (χ2v) is 4.94. The summed E-state index contributed by atoms with van der Waals surface area (Å²) in [7, 11) is 0. The molecule has 5 nitrogen and oxygen atoms in total. The number of hydrogen-bond donors (Lipinski definition) is 3. The Morgan fingerprint density at radius 1 is 1.04 bits per heavy atom. The zero-order chi connectivity index (χ0) is 17.7. The summed E-state index contributed by atoms with van der Waals surface area (Å²) in [5.41, 5.74) is 1.46. The Morgan fingerprint density at radius 2 is 1.71 bits per heavy atom. The van der Waals surface area contributed by atoms with Gasteiger partial charge in [-0.15, -0.1) is 0 Å². The highest BCUT2D eigenvalue weighted by atomic mass is 19.4. The molecule has 24 heavy (non-hydrogen) atoms. The van der Waals surface area contributed by atoms with Crippen LogP contribution in [0.15, 0.2) is 48.5 Å². The fourth-order valence-corrected chi connectivity index (χ4v) is 2.02. The predicted molar refractivity (Wildman–Crippen MR) is 79.5 cm³/mol. The number of halogens is 3. The maximum absolute atomic E-state index is 12.6. The van der Waals surface area contributed by atoms with E-state index in [-0.39, 0.29) is 17.5 Å². The molecule has 0 aromatic heterocycles. The number of carbonyl (C=O) groups excluding carboxylic acids is 2. The van der Waals surface area contributed by atoms with Crippen molar-refractivity contribution in [3.63, 3.8) is 0 Å². The fourth-order valence-electron chi connectivity index (χ4n) is 2.02. The number of amides is 2. The average Bonchev–Trinajstić information content (AvgIpc) is 2.54. The molecule has 0 spiro atoms. The van der Waals surface area contributed by atoms with Crippen LogP contribution in [-0.4, -0.2) is 17.0 Å². The summed E-state index contributed by atoms with van der Waals surface area (Å²) in [4.78, 5) is 23.1. The highest BCUT2D eigenvalue weighted by Crippen LogP contribution is 2.29. The van der Waals surface area contributed by atoms with E-state index in [0.717, 1.165) is 12.1 Å². The van der Waals surface area contributed by atoms with Crippen molar-refractivity contribution >= 4 is 17.5 Å². The van der Waals surface area contributed by atoms with Crippen LogP contribution < -0.4 is 10.8 Å². The van der Waals surface area contributed by atoms with Crippen LogP contribution in [0.5, 0.6) is 0 Å². The number of hydrogen-bond acceptors (Lipinski definition) is 3. The SMILES string of the molecule is O=C(Cc1cccc(C(F)(F)F)c1)Nc1ccc(C(=O)NO)cc1. The molecule has 0 unspecified atom stereocenters. The van der Waals surface area contributed by atoms with Crippen LogP contribution >= 0.6 is 0 Å². The van der Waals surface area contributed by atoms with Gasteiger partial charge in [-0.2, -0.15) is 13.2 Å². The minimum atomic E-state index is -4.46. The first-order chi connectivity index (χ1) is 11.3. The van der Waals surface area contributed by atoms with Gasteiger partial charge in [0.2, 0.25) is 5.91 Å². The highest BCUT2D eigenvalue weighted by molar-refractivity contribution is 5.95. The molecule has 0 aliphatic heterocycles. The summed E-state index contributed by atoms with van der Waals surface area (Å²) in [5, 5.41) is 11.0. The van der Waals surface area contributed by atoms with Crippen LogP contribution in [0.1, 0.15) is 21.5 Å². The molecule has 0 atom stereocenters. The fraction of sp³-hybridized carbons (Fsp3) is 0.125. The normalized spacial score (nSPS) is 11.0. The lowest BCUT2D eigenvalue weighted by Gasteiger charge is -2.09. The number of nitrogens with one attached hydrogen (secondary N) is 2. The topological polar surface area (TPSA) is 78.4 Å². The van der Waals surface area contributed by atoms with Crippen molar-refractivity contribution in [3.05, 3.63) is 65.2 Å². The molecule has 2 rings (SSSR count). The van der Waals surface area contributed by atoms with Crippen molar-refractivity contribution in [1.82, 2.24) is 5.48 Å². The Kier molecular flexibility index (Phi) is 5.20. The van der Waals surface area contributed by atoms with Crippen LogP contribution in [0.4, 0.5) is 18.9 Å². The van der Waals surface area contributed by atoms with Gasteiger partial charge in [-0.1, -0.05) is 18.2 Å². The Hall–Kier alpha value is -2.87. The molecule has 126 valence electrons. The first-order valence-electron chi connectivity index (χ1n) is 6.80. The van der Waals surface area contributed by atoms with Crippen LogP contribution in [0, 0.1) is 0 Å². The lowest BCUT2D eigenvalue weighted by Crippen LogP contribution is -2.19. The van der Waals surface area contributed by atoms with E-state index in [1.165, 1.54) is 41.9 Å². The van der Waals surface area contributed by atoms with E-state index in [2.05, 4.69) is 5.32 Å². The van der Waals surface area contributed by atoms with E-state index in [1.807, 2.05) is 0 Å².